The second kappa shape index (κ2) is 7.47. The maximum absolute atomic E-state index is 13.4. The second-order valence-corrected chi connectivity index (χ2v) is 7.69. The molecule has 2 amide bonds. The largest absolute Gasteiger partial charge is 0.329 e. The molecule has 0 spiro atoms. The van der Waals surface area contributed by atoms with Gasteiger partial charge in [-0.2, -0.15) is 10.1 Å². The summed E-state index contributed by atoms with van der Waals surface area (Å²) in [5.74, 6) is -4.81. The Bertz CT molecular complexity index is 1070. The van der Waals surface area contributed by atoms with Gasteiger partial charge in [-0.05, 0) is 24.3 Å². The predicted molar refractivity (Wildman–Crippen MR) is 103 cm³/mol. The van der Waals surface area contributed by atoms with Crippen molar-refractivity contribution in [2.45, 2.75) is 12.3 Å². The molecule has 2 aromatic heterocycles. The number of alkyl halides is 2. The van der Waals surface area contributed by atoms with Crippen LogP contribution in [-0.2, 0) is 4.79 Å². The number of hydrogen-bond acceptors (Lipinski definition) is 5. The first kappa shape index (κ1) is 19.4. The van der Waals surface area contributed by atoms with Gasteiger partial charge in [-0.15, -0.1) is 0 Å². The maximum atomic E-state index is 13.4. The van der Waals surface area contributed by atoms with Crippen LogP contribution in [0, 0.1) is 5.92 Å². The van der Waals surface area contributed by atoms with E-state index in [2.05, 4.69) is 41.4 Å². The van der Waals surface area contributed by atoms with Crippen molar-refractivity contribution < 1.29 is 18.4 Å². The van der Waals surface area contributed by atoms with Gasteiger partial charge in [-0.3, -0.25) is 20.0 Å². The molecule has 0 saturated heterocycles. The van der Waals surface area contributed by atoms with E-state index >= 15 is 0 Å². The van der Waals surface area contributed by atoms with E-state index in [9.17, 15) is 18.4 Å². The van der Waals surface area contributed by atoms with E-state index in [1.54, 1.807) is 24.3 Å². The first-order valence-electron chi connectivity index (χ1n) is 8.70. The molecule has 1 aromatic carbocycles. The molecule has 4 rings (SSSR count). The van der Waals surface area contributed by atoms with Gasteiger partial charge in [-0.25, -0.2) is 13.8 Å². The smallest absolute Gasteiger partial charge is 0.254 e. The number of carbonyl (C=O) groups is 2. The number of hydrogen-bond donors (Lipinski definition) is 2. The summed E-state index contributed by atoms with van der Waals surface area (Å²) in [6, 6.07) is 6.48. The fourth-order valence-corrected chi connectivity index (χ4v) is 3.13. The van der Waals surface area contributed by atoms with Gasteiger partial charge in [0, 0.05) is 35.1 Å². The first-order valence-corrected chi connectivity index (χ1v) is 9.50. The molecular weight excluding hydrogens is 450 g/mol. The minimum atomic E-state index is -2.80. The lowest BCUT2D eigenvalue weighted by Crippen LogP contribution is -2.40. The SMILES string of the molecule is O=C(CN(CC1CC1(F)F)C(=O)c1ccc(Br)cc1)Nc1ncc2cn[nH]c2n1. The summed E-state index contributed by atoms with van der Waals surface area (Å²) in [7, 11) is 0. The summed E-state index contributed by atoms with van der Waals surface area (Å²) in [5, 5.41) is 9.63. The van der Waals surface area contributed by atoms with Crippen LogP contribution in [0.4, 0.5) is 14.7 Å². The quantitative estimate of drug-likeness (QED) is 0.583. The second-order valence-electron chi connectivity index (χ2n) is 6.77. The molecule has 1 aliphatic carbocycles. The van der Waals surface area contributed by atoms with E-state index in [1.165, 1.54) is 12.4 Å². The van der Waals surface area contributed by atoms with E-state index in [0.29, 0.717) is 16.6 Å². The van der Waals surface area contributed by atoms with Gasteiger partial charge in [0.25, 0.3) is 11.8 Å². The Balaban J connectivity index is 1.48. The Morgan fingerprint density at radius 1 is 1.28 bits per heavy atom. The molecule has 2 heterocycles. The molecule has 1 fully saturated rings. The summed E-state index contributed by atoms with van der Waals surface area (Å²) >= 11 is 3.28. The minimum absolute atomic E-state index is 0.0274. The molecule has 2 N–H and O–H groups in total. The summed E-state index contributed by atoms with van der Waals surface area (Å²) in [6.07, 6.45) is 2.73. The van der Waals surface area contributed by atoms with Gasteiger partial charge < -0.3 is 4.90 Å². The number of aromatic amines is 1. The molecule has 150 valence electrons. The molecule has 11 heteroatoms. The number of anilines is 1. The van der Waals surface area contributed by atoms with Gasteiger partial charge >= 0.3 is 0 Å². The van der Waals surface area contributed by atoms with Gasteiger partial charge in [-0.1, -0.05) is 15.9 Å². The molecule has 0 bridgehead atoms. The van der Waals surface area contributed by atoms with Gasteiger partial charge in [0.2, 0.25) is 11.9 Å². The summed E-state index contributed by atoms with van der Waals surface area (Å²) < 4.78 is 27.6. The Morgan fingerprint density at radius 3 is 2.69 bits per heavy atom. The maximum Gasteiger partial charge on any atom is 0.254 e. The number of benzene rings is 1. The van der Waals surface area contributed by atoms with Crippen molar-refractivity contribution in [2.24, 2.45) is 5.92 Å². The third kappa shape index (κ3) is 4.39. The summed E-state index contributed by atoms with van der Waals surface area (Å²) in [4.78, 5) is 34.5. The highest BCUT2D eigenvalue weighted by Gasteiger charge is 2.57. The average molecular weight is 465 g/mol. The van der Waals surface area contributed by atoms with E-state index in [1.807, 2.05) is 0 Å². The number of fused-ring (bicyclic) bond motifs is 1. The molecule has 1 aliphatic rings. The summed E-state index contributed by atoms with van der Waals surface area (Å²) in [5.41, 5.74) is 0.746. The number of nitrogens with one attached hydrogen (secondary N) is 2. The zero-order chi connectivity index (χ0) is 20.6. The first-order chi connectivity index (χ1) is 13.8. The highest BCUT2D eigenvalue weighted by molar-refractivity contribution is 9.10. The molecule has 1 atom stereocenters. The van der Waals surface area contributed by atoms with Crippen LogP contribution >= 0.6 is 15.9 Å². The molecule has 8 nitrogen and oxygen atoms in total. The van der Waals surface area contributed by atoms with Crippen molar-refractivity contribution in [1.29, 1.82) is 0 Å². The van der Waals surface area contributed by atoms with Crippen LogP contribution in [0.5, 0.6) is 0 Å². The van der Waals surface area contributed by atoms with Crippen LogP contribution in [0.15, 0.2) is 41.1 Å². The zero-order valence-electron chi connectivity index (χ0n) is 14.9. The Labute approximate surface area is 171 Å². The normalized spacial score (nSPS) is 17.1. The van der Waals surface area contributed by atoms with E-state index < -0.39 is 30.2 Å². The Morgan fingerprint density at radius 2 is 2.00 bits per heavy atom. The van der Waals surface area contributed by atoms with Crippen molar-refractivity contribution in [2.75, 3.05) is 18.4 Å². The Hall–Kier alpha value is -2.95. The van der Waals surface area contributed by atoms with Gasteiger partial charge in [0.05, 0.1) is 11.6 Å². The lowest BCUT2D eigenvalue weighted by molar-refractivity contribution is -0.117. The van der Waals surface area contributed by atoms with Gasteiger partial charge in [0.15, 0.2) is 5.65 Å². The standard InChI is InChI=1S/C18H15BrF2N6O2/c19-13-3-1-10(2-4-13)16(29)27(8-12-5-18(12,20)21)9-14(28)24-17-22-6-11-7-23-26-15(11)25-17/h1-4,6-7,12H,5,8-9H2,(H2,22,23,24,25,26,28). The summed E-state index contributed by atoms with van der Waals surface area (Å²) in [6.45, 7) is -0.610. The third-order valence-electron chi connectivity index (χ3n) is 4.55. The van der Waals surface area contributed by atoms with E-state index in [-0.39, 0.29) is 18.9 Å². The highest BCUT2D eigenvalue weighted by atomic mass is 79.9. The zero-order valence-corrected chi connectivity index (χ0v) is 16.5. The van der Waals surface area contributed by atoms with E-state index in [0.717, 1.165) is 9.37 Å². The molecule has 0 radical (unpaired) electrons. The number of aromatic nitrogens is 4. The topological polar surface area (TPSA) is 104 Å². The molecular formula is C18H15BrF2N6O2. The monoisotopic (exact) mass is 464 g/mol. The van der Waals surface area contributed by atoms with Crippen LogP contribution in [-0.4, -0.2) is 55.9 Å². The molecule has 29 heavy (non-hydrogen) atoms. The highest BCUT2D eigenvalue weighted by Crippen LogP contribution is 2.48. The number of halogens is 3. The fourth-order valence-electron chi connectivity index (χ4n) is 2.86. The molecule has 0 aliphatic heterocycles. The molecule has 1 saturated carbocycles. The number of H-pyrrole nitrogens is 1. The van der Waals surface area contributed by atoms with Crippen molar-refractivity contribution in [3.63, 3.8) is 0 Å². The molecule has 3 aromatic rings. The number of nitrogens with zero attached hydrogens (tertiary/aromatic N) is 4. The average Bonchev–Trinajstić information content (AvgIpc) is 3.06. The van der Waals surface area contributed by atoms with Crippen LogP contribution in [0.3, 0.4) is 0 Å². The number of carbonyl (C=O) groups excluding carboxylic acids is 2. The lowest BCUT2D eigenvalue weighted by Gasteiger charge is -2.22. The van der Waals surface area contributed by atoms with Gasteiger partial charge in [0.1, 0.15) is 6.54 Å². The minimum Gasteiger partial charge on any atom is -0.329 e. The Kier molecular flexibility index (Phi) is 4.99. The molecule has 1 unspecified atom stereocenters. The van der Waals surface area contributed by atoms with Crippen molar-refractivity contribution in [3.8, 4) is 0 Å². The van der Waals surface area contributed by atoms with Crippen molar-refractivity contribution >= 4 is 44.7 Å². The van der Waals surface area contributed by atoms with Crippen molar-refractivity contribution in [1.82, 2.24) is 25.1 Å². The van der Waals surface area contributed by atoms with Crippen LogP contribution in [0.1, 0.15) is 16.8 Å². The van der Waals surface area contributed by atoms with Crippen LogP contribution in [0.2, 0.25) is 0 Å². The number of rotatable bonds is 6. The predicted octanol–water partition coefficient (Wildman–Crippen LogP) is 2.85. The number of amides is 2. The third-order valence-corrected chi connectivity index (χ3v) is 5.08. The van der Waals surface area contributed by atoms with E-state index in [4.69, 9.17) is 0 Å². The van der Waals surface area contributed by atoms with Crippen LogP contribution < -0.4 is 5.32 Å². The lowest BCUT2D eigenvalue weighted by atomic mass is 10.2. The van der Waals surface area contributed by atoms with Crippen LogP contribution in [0.25, 0.3) is 11.0 Å². The fraction of sp³-hybridized carbons (Fsp3) is 0.278. The van der Waals surface area contributed by atoms with Crippen molar-refractivity contribution in [3.05, 3.63) is 46.7 Å².